The zero-order chi connectivity index (χ0) is 26.0. The Hall–Kier alpha value is -4.50. The van der Waals surface area contributed by atoms with Gasteiger partial charge in [-0.15, -0.1) is 0 Å². The average molecular weight is 511 g/mol. The number of hydrogen-bond donors (Lipinski definition) is 3. The second kappa shape index (κ2) is 9.87. The van der Waals surface area contributed by atoms with Crippen molar-refractivity contribution in [3.8, 4) is 33.8 Å². The third-order valence-electron chi connectivity index (χ3n) is 5.82. The van der Waals surface area contributed by atoms with Gasteiger partial charge in [0.25, 0.3) is 0 Å². The van der Waals surface area contributed by atoms with Gasteiger partial charge in [-0.2, -0.15) is 8.42 Å². The minimum atomic E-state index is -4.09. The van der Waals surface area contributed by atoms with E-state index in [-0.39, 0.29) is 11.9 Å². The Morgan fingerprint density at radius 3 is 1.59 bits per heavy atom. The lowest BCUT2D eigenvalue weighted by molar-refractivity contribution is 0.605. The molecule has 0 aliphatic heterocycles. The van der Waals surface area contributed by atoms with Crippen molar-refractivity contribution in [2.24, 2.45) is 0 Å². The Labute approximate surface area is 216 Å². The van der Waals surface area contributed by atoms with E-state index in [9.17, 15) is 8.42 Å². The summed E-state index contributed by atoms with van der Waals surface area (Å²) >= 11 is 0. The average Bonchev–Trinajstić information content (AvgIpc) is 3.32. The van der Waals surface area contributed by atoms with Crippen LogP contribution in [0.15, 0.2) is 85.1 Å². The first-order valence-corrected chi connectivity index (χ1v) is 13.2. The number of benzene rings is 3. The first-order chi connectivity index (χ1) is 17.7. The van der Waals surface area contributed by atoms with Crippen molar-refractivity contribution in [1.29, 1.82) is 0 Å². The van der Waals surface area contributed by atoms with Gasteiger partial charge >= 0.3 is 10.2 Å². The molecule has 0 saturated carbocycles. The first-order valence-electron chi connectivity index (χ1n) is 11.7. The van der Waals surface area contributed by atoms with Gasteiger partial charge in [0.15, 0.2) is 0 Å². The summed E-state index contributed by atoms with van der Waals surface area (Å²) in [5.74, 6) is 0.0305. The molecule has 0 unspecified atom stereocenters. The van der Waals surface area contributed by atoms with Crippen LogP contribution < -0.4 is 9.44 Å². The number of H-pyrrole nitrogens is 1. The number of aromatic amines is 1. The highest BCUT2D eigenvalue weighted by Crippen LogP contribution is 2.26. The third-order valence-corrected chi connectivity index (χ3v) is 6.73. The molecule has 186 valence electrons. The van der Waals surface area contributed by atoms with Crippen LogP contribution in [0.1, 0.15) is 16.7 Å². The molecule has 0 saturated heterocycles. The van der Waals surface area contributed by atoms with Crippen LogP contribution in [0.4, 0.5) is 11.9 Å². The van der Waals surface area contributed by atoms with Gasteiger partial charge in [0.2, 0.25) is 11.9 Å². The lowest BCUT2D eigenvalue weighted by atomic mass is 10.1. The maximum Gasteiger partial charge on any atom is 0.326 e. The van der Waals surface area contributed by atoms with Gasteiger partial charge in [-0.05, 0) is 32.4 Å². The molecule has 2 heterocycles. The maximum atomic E-state index is 13.0. The summed E-state index contributed by atoms with van der Waals surface area (Å²) < 4.78 is 30.8. The van der Waals surface area contributed by atoms with Gasteiger partial charge in [-0.1, -0.05) is 89.5 Å². The summed E-state index contributed by atoms with van der Waals surface area (Å²) in [4.78, 5) is 16.1. The van der Waals surface area contributed by atoms with Crippen LogP contribution in [0.25, 0.3) is 33.8 Å². The molecule has 8 nitrogen and oxygen atoms in total. The highest BCUT2D eigenvalue weighted by atomic mass is 32.2. The molecule has 5 rings (SSSR count). The smallest absolute Gasteiger partial charge is 0.323 e. The molecule has 37 heavy (non-hydrogen) atoms. The molecule has 0 atom stereocenters. The van der Waals surface area contributed by atoms with Gasteiger partial charge in [0.1, 0.15) is 0 Å². The number of aryl methyl sites for hydroxylation is 3. The zero-order valence-electron chi connectivity index (χ0n) is 20.6. The molecular formula is C28H26N6O2S. The Morgan fingerprint density at radius 1 is 0.649 bits per heavy atom. The molecule has 0 bridgehead atoms. The van der Waals surface area contributed by atoms with Gasteiger partial charge in [-0.25, -0.2) is 24.4 Å². The minimum Gasteiger partial charge on any atom is -0.323 e. The van der Waals surface area contributed by atoms with Crippen molar-refractivity contribution in [2.45, 2.75) is 20.8 Å². The summed E-state index contributed by atoms with van der Waals surface area (Å²) in [6, 6.07) is 25.4. The number of imidazole rings is 1. The van der Waals surface area contributed by atoms with E-state index in [2.05, 4.69) is 29.4 Å². The van der Waals surface area contributed by atoms with Gasteiger partial charge in [0.05, 0.1) is 23.3 Å². The molecule has 5 aromatic rings. The summed E-state index contributed by atoms with van der Waals surface area (Å²) in [7, 11) is -4.09. The highest BCUT2D eigenvalue weighted by Gasteiger charge is 2.17. The fourth-order valence-corrected chi connectivity index (χ4v) is 4.50. The lowest BCUT2D eigenvalue weighted by Gasteiger charge is -2.11. The van der Waals surface area contributed by atoms with Crippen molar-refractivity contribution in [1.82, 2.24) is 19.9 Å². The Kier molecular flexibility index (Phi) is 6.45. The zero-order valence-corrected chi connectivity index (χ0v) is 21.5. The number of nitrogens with one attached hydrogen (secondary N) is 3. The van der Waals surface area contributed by atoms with Crippen LogP contribution in [-0.2, 0) is 10.2 Å². The molecule has 2 aromatic heterocycles. The molecule has 0 spiro atoms. The molecule has 3 aromatic carbocycles. The summed E-state index contributed by atoms with van der Waals surface area (Å²) in [6.45, 7) is 6.01. The predicted octanol–water partition coefficient (Wildman–Crippen LogP) is 5.89. The van der Waals surface area contributed by atoms with E-state index >= 15 is 0 Å². The van der Waals surface area contributed by atoms with E-state index in [0.29, 0.717) is 17.1 Å². The number of aromatic nitrogens is 4. The molecule has 0 fully saturated rings. The fraction of sp³-hybridized carbons (Fsp3) is 0.107. The molecular weight excluding hydrogens is 484 g/mol. The fourth-order valence-electron chi connectivity index (χ4n) is 3.76. The van der Waals surface area contributed by atoms with Crippen molar-refractivity contribution in [3.05, 3.63) is 102 Å². The standard InChI is InChI=1S/C28H26N6O2S/c1-18-4-10-21(11-5-18)24-16-25(22-12-6-19(2)7-13-22)31-28(30-24)34-37(35,36)33-27-29-17-26(32-27)23-14-8-20(3)9-15-23/h4-17H,1-3H3,(H2,29,32,33)(H,30,31,34). The minimum absolute atomic E-state index is 0.0496. The van der Waals surface area contributed by atoms with E-state index in [0.717, 1.165) is 33.4 Å². The van der Waals surface area contributed by atoms with E-state index in [1.165, 1.54) is 0 Å². The first kappa shape index (κ1) is 24.2. The third kappa shape index (κ3) is 5.84. The van der Waals surface area contributed by atoms with E-state index in [1.54, 1.807) is 6.20 Å². The number of nitrogens with zero attached hydrogens (tertiary/aromatic N) is 3. The molecule has 0 radical (unpaired) electrons. The summed E-state index contributed by atoms with van der Waals surface area (Å²) in [5.41, 5.74) is 7.85. The van der Waals surface area contributed by atoms with Crippen LogP contribution in [-0.4, -0.2) is 28.4 Å². The van der Waals surface area contributed by atoms with Crippen molar-refractivity contribution in [3.63, 3.8) is 0 Å². The number of rotatable bonds is 7. The normalized spacial score (nSPS) is 11.3. The van der Waals surface area contributed by atoms with Crippen LogP contribution in [0.2, 0.25) is 0 Å². The quantitative estimate of drug-likeness (QED) is 0.253. The van der Waals surface area contributed by atoms with Gasteiger partial charge in [-0.3, -0.25) is 0 Å². The number of anilines is 2. The predicted molar refractivity (Wildman–Crippen MR) is 147 cm³/mol. The molecule has 0 aliphatic carbocycles. The van der Waals surface area contributed by atoms with E-state index in [1.807, 2.05) is 99.6 Å². The summed E-state index contributed by atoms with van der Waals surface area (Å²) in [5, 5.41) is 0. The molecule has 0 amide bonds. The lowest BCUT2D eigenvalue weighted by Crippen LogP contribution is -2.23. The Balaban J connectivity index is 1.44. The second-order valence-electron chi connectivity index (χ2n) is 8.91. The summed E-state index contributed by atoms with van der Waals surface area (Å²) in [6.07, 6.45) is 1.58. The highest BCUT2D eigenvalue weighted by molar-refractivity contribution is 7.93. The van der Waals surface area contributed by atoms with Crippen molar-refractivity contribution in [2.75, 3.05) is 9.44 Å². The molecule has 9 heteroatoms. The van der Waals surface area contributed by atoms with Crippen LogP contribution in [0.3, 0.4) is 0 Å². The van der Waals surface area contributed by atoms with Crippen LogP contribution in [0, 0.1) is 20.8 Å². The Morgan fingerprint density at radius 2 is 1.11 bits per heavy atom. The SMILES string of the molecule is Cc1ccc(-c2cc(-c3ccc(C)cc3)nc(NS(=O)(=O)Nc3ncc(-c4ccc(C)cc4)[nH]3)n2)cc1. The Bertz CT molecular complexity index is 1580. The van der Waals surface area contributed by atoms with E-state index in [4.69, 9.17) is 0 Å². The molecule has 0 aliphatic rings. The largest absolute Gasteiger partial charge is 0.326 e. The molecule has 3 N–H and O–H groups in total. The van der Waals surface area contributed by atoms with Crippen molar-refractivity contribution >= 4 is 22.1 Å². The second-order valence-corrected chi connectivity index (χ2v) is 10.3. The van der Waals surface area contributed by atoms with E-state index < -0.39 is 10.2 Å². The van der Waals surface area contributed by atoms with Gasteiger partial charge in [0, 0.05) is 11.1 Å². The topological polar surface area (TPSA) is 113 Å². The van der Waals surface area contributed by atoms with Crippen LogP contribution >= 0.6 is 0 Å². The monoisotopic (exact) mass is 510 g/mol. The number of hydrogen-bond acceptors (Lipinski definition) is 5. The van der Waals surface area contributed by atoms with Crippen LogP contribution in [0.5, 0.6) is 0 Å². The van der Waals surface area contributed by atoms with Gasteiger partial charge < -0.3 is 4.98 Å². The maximum absolute atomic E-state index is 13.0. The van der Waals surface area contributed by atoms with Crippen molar-refractivity contribution < 1.29 is 8.42 Å².